The van der Waals surface area contributed by atoms with Gasteiger partial charge >= 0.3 is 5.91 Å². The van der Waals surface area contributed by atoms with E-state index in [4.69, 9.17) is 5.21 Å². The molecule has 7 nitrogen and oxygen atoms in total. The van der Waals surface area contributed by atoms with Gasteiger partial charge in [-0.15, -0.1) is 11.3 Å². The molecular weight excluding hydrogens is 268 g/mol. The van der Waals surface area contributed by atoms with Gasteiger partial charge in [-0.1, -0.05) is 0 Å². The smallest absolute Gasteiger partial charge is 0.303 e. The first kappa shape index (κ1) is 13.2. The van der Waals surface area contributed by atoms with Crippen molar-refractivity contribution in [1.82, 2.24) is 20.3 Å². The van der Waals surface area contributed by atoms with E-state index in [-0.39, 0.29) is 17.5 Å². The van der Waals surface area contributed by atoms with Crippen molar-refractivity contribution in [2.45, 2.75) is 6.54 Å². The van der Waals surface area contributed by atoms with E-state index in [0.717, 1.165) is 16.2 Å². The molecule has 0 spiro atoms. The van der Waals surface area contributed by atoms with Gasteiger partial charge in [0, 0.05) is 24.3 Å². The Morgan fingerprint density at radius 2 is 2.26 bits per heavy atom. The van der Waals surface area contributed by atoms with Crippen LogP contribution in [-0.4, -0.2) is 26.6 Å². The first-order valence-corrected chi connectivity index (χ1v) is 6.22. The summed E-state index contributed by atoms with van der Waals surface area (Å²) < 4.78 is 1.71. The highest BCUT2D eigenvalue weighted by Gasteiger charge is 2.12. The second kappa shape index (κ2) is 5.63. The van der Waals surface area contributed by atoms with Crippen LogP contribution in [0.25, 0.3) is 0 Å². The lowest BCUT2D eigenvalue weighted by Gasteiger charge is -2.04. The normalized spacial score (nSPS) is 10.2. The summed E-state index contributed by atoms with van der Waals surface area (Å²) in [6.45, 7) is 0.278. The molecule has 0 aliphatic carbocycles. The van der Waals surface area contributed by atoms with Crippen molar-refractivity contribution in [3.63, 3.8) is 0 Å². The van der Waals surface area contributed by atoms with Gasteiger partial charge in [-0.2, -0.15) is 0 Å². The van der Waals surface area contributed by atoms with Crippen LogP contribution in [0, 0.1) is 0 Å². The summed E-state index contributed by atoms with van der Waals surface area (Å²) in [6.07, 6.45) is 3.27. The molecule has 0 bridgehead atoms. The number of thiazole rings is 1. The van der Waals surface area contributed by atoms with Crippen LogP contribution >= 0.6 is 11.3 Å². The molecule has 0 saturated carbocycles. The molecule has 2 aromatic heterocycles. The van der Waals surface area contributed by atoms with Crippen LogP contribution in [0.2, 0.25) is 0 Å². The lowest BCUT2D eigenvalue weighted by Crippen LogP contribution is -2.24. The van der Waals surface area contributed by atoms with E-state index in [9.17, 15) is 9.59 Å². The van der Waals surface area contributed by atoms with Gasteiger partial charge in [0.1, 0.15) is 5.69 Å². The minimum Gasteiger partial charge on any atom is -0.347 e. The van der Waals surface area contributed by atoms with Crippen LogP contribution in [0.5, 0.6) is 0 Å². The standard InChI is InChI=1S/C11H12N4O3S/c1-15-4-2-3-8(15)9(16)12-5-7-6-13-11(19-7)10(17)14-18/h2-4,6,18H,5H2,1H3,(H,12,16)(H,14,17). The van der Waals surface area contributed by atoms with Crippen LogP contribution in [0.15, 0.2) is 24.5 Å². The number of carbonyl (C=O) groups excluding carboxylic acids is 2. The van der Waals surface area contributed by atoms with Gasteiger partial charge in [0.15, 0.2) is 5.01 Å². The van der Waals surface area contributed by atoms with Gasteiger partial charge in [0.2, 0.25) is 0 Å². The Morgan fingerprint density at radius 1 is 1.47 bits per heavy atom. The van der Waals surface area contributed by atoms with E-state index in [1.165, 1.54) is 11.7 Å². The molecule has 0 aromatic carbocycles. The summed E-state index contributed by atoms with van der Waals surface area (Å²) in [4.78, 5) is 27.5. The number of aryl methyl sites for hydroxylation is 1. The SMILES string of the molecule is Cn1cccc1C(=O)NCc1cnc(C(=O)NO)s1. The van der Waals surface area contributed by atoms with E-state index in [1.807, 2.05) is 0 Å². The van der Waals surface area contributed by atoms with Crippen molar-refractivity contribution in [3.8, 4) is 0 Å². The zero-order valence-corrected chi connectivity index (χ0v) is 10.9. The molecule has 2 amide bonds. The number of aromatic nitrogens is 2. The van der Waals surface area contributed by atoms with Crippen molar-refractivity contribution in [1.29, 1.82) is 0 Å². The highest BCUT2D eigenvalue weighted by molar-refractivity contribution is 7.13. The zero-order valence-electron chi connectivity index (χ0n) is 10.1. The van der Waals surface area contributed by atoms with Gasteiger partial charge in [0.05, 0.1) is 6.54 Å². The fraction of sp³-hybridized carbons (Fsp3) is 0.182. The molecule has 19 heavy (non-hydrogen) atoms. The van der Waals surface area contributed by atoms with Crippen molar-refractivity contribution in [2.75, 3.05) is 0 Å². The summed E-state index contributed by atoms with van der Waals surface area (Å²) in [5, 5.41) is 11.3. The number of carbonyl (C=O) groups is 2. The summed E-state index contributed by atoms with van der Waals surface area (Å²) in [6, 6.07) is 3.50. The van der Waals surface area contributed by atoms with Crippen LogP contribution < -0.4 is 10.8 Å². The molecule has 2 heterocycles. The average Bonchev–Trinajstić information content (AvgIpc) is 3.04. The predicted octanol–water partition coefficient (Wildman–Crippen LogP) is 0.531. The Bertz CT molecular complexity index is 605. The lowest BCUT2D eigenvalue weighted by atomic mass is 10.4. The molecule has 2 aromatic rings. The van der Waals surface area contributed by atoms with E-state index in [1.54, 1.807) is 29.9 Å². The average molecular weight is 280 g/mol. The molecular formula is C11H12N4O3S. The topological polar surface area (TPSA) is 96.2 Å². The fourth-order valence-corrected chi connectivity index (χ4v) is 2.24. The maximum atomic E-state index is 11.8. The monoisotopic (exact) mass is 280 g/mol. The molecule has 0 aliphatic heterocycles. The van der Waals surface area contributed by atoms with Crippen molar-refractivity contribution in [2.24, 2.45) is 7.05 Å². The number of nitrogens with zero attached hydrogens (tertiary/aromatic N) is 2. The first-order chi connectivity index (χ1) is 9.11. The Balaban J connectivity index is 1.96. The Kier molecular flexibility index (Phi) is 3.93. The number of hydrogen-bond donors (Lipinski definition) is 3. The molecule has 8 heteroatoms. The van der Waals surface area contributed by atoms with Gasteiger partial charge in [-0.25, -0.2) is 10.5 Å². The minimum absolute atomic E-state index is 0.144. The minimum atomic E-state index is -0.662. The van der Waals surface area contributed by atoms with E-state index >= 15 is 0 Å². The van der Waals surface area contributed by atoms with Crippen LogP contribution in [-0.2, 0) is 13.6 Å². The number of hydrogen-bond acceptors (Lipinski definition) is 5. The molecule has 3 N–H and O–H groups in total. The number of amides is 2. The summed E-state index contributed by atoms with van der Waals surface area (Å²) in [7, 11) is 1.78. The van der Waals surface area contributed by atoms with Crippen molar-refractivity contribution >= 4 is 23.2 Å². The summed E-state index contributed by atoms with van der Waals surface area (Å²) in [5.74, 6) is -0.862. The third-order valence-electron chi connectivity index (χ3n) is 2.45. The molecule has 100 valence electrons. The second-order valence-corrected chi connectivity index (χ2v) is 4.87. The maximum Gasteiger partial charge on any atom is 0.303 e. The zero-order chi connectivity index (χ0) is 13.8. The number of nitrogens with one attached hydrogen (secondary N) is 2. The largest absolute Gasteiger partial charge is 0.347 e. The number of hydroxylamine groups is 1. The van der Waals surface area contributed by atoms with Gasteiger partial charge in [0.25, 0.3) is 5.91 Å². The Labute approximate surface area is 112 Å². The second-order valence-electron chi connectivity index (χ2n) is 3.76. The first-order valence-electron chi connectivity index (χ1n) is 5.40. The van der Waals surface area contributed by atoms with Gasteiger partial charge in [-0.05, 0) is 12.1 Å². The van der Waals surface area contributed by atoms with Gasteiger partial charge < -0.3 is 9.88 Å². The van der Waals surface area contributed by atoms with Crippen LogP contribution in [0.4, 0.5) is 0 Å². The van der Waals surface area contributed by atoms with E-state index < -0.39 is 5.91 Å². The highest BCUT2D eigenvalue weighted by atomic mass is 32.1. The van der Waals surface area contributed by atoms with E-state index in [0.29, 0.717) is 5.69 Å². The molecule has 0 atom stereocenters. The quantitative estimate of drug-likeness (QED) is 0.562. The predicted molar refractivity (Wildman–Crippen MR) is 67.9 cm³/mol. The van der Waals surface area contributed by atoms with Gasteiger partial charge in [-0.3, -0.25) is 14.8 Å². The summed E-state index contributed by atoms with van der Waals surface area (Å²) in [5.41, 5.74) is 2.06. The maximum absolute atomic E-state index is 11.8. The Morgan fingerprint density at radius 3 is 2.89 bits per heavy atom. The fourth-order valence-electron chi connectivity index (χ4n) is 1.50. The molecule has 0 radical (unpaired) electrons. The van der Waals surface area contributed by atoms with Crippen LogP contribution in [0.3, 0.4) is 0 Å². The van der Waals surface area contributed by atoms with Crippen LogP contribution in [0.1, 0.15) is 25.2 Å². The summed E-state index contributed by atoms with van der Waals surface area (Å²) >= 11 is 1.10. The molecule has 0 saturated heterocycles. The lowest BCUT2D eigenvalue weighted by molar-refractivity contribution is 0.0706. The highest BCUT2D eigenvalue weighted by Crippen LogP contribution is 2.12. The Hall–Kier alpha value is -2.19. The molecule has 0 unspecified atom stereocenters. The van der Waals surface area contributed by atoms with Crippen molar-refractivity contribution in [3.05, 3.63) is 40.1 Å². The number of rotatable bonds is 4. The third-order valence-corrected chi connectivity index (χ3v) is 3.45. The van der Waals surface area contributed by atoms with E-state index in [2.05, 4.69) is 10.3 Å². The molecule has 0 fully saturated rings. The third kappa shape index (κ3) is 2.98. The molecule has 2 rings (SSSR count). The van der Waals surface area contributed by atoms with Crippen molar-refractivity contribution < 1.29 is 14.8 Å². The molecule has 0 aliphatic rings.